The number of carbonyl (C=O) groups is 1. The molecule has 0 unspecified atom stereocenters. The molecule has 1 aromatic carbocycles. The van der Waals surface area contributed by atoms with Crippen molar-refractivity contribution in [2.75, 3.05) is 35.1 Å². The molecule has 0 atom stereocenters. The van der Waals surface area contributed by atoms with Gasteiger partial charge in [-0.05, 0) is 55.9 Å². The van der Waals surface area contributed by atoms with Gasteiger partial charge in [0.15, 0.2) is 0 Å². The fourth-order valence-corrected chi connectivity index (χ4v) is 5.11. The number of anilines is 2. The second-order valence-electron chi connectivity index (χ2n) is 6.82. The number of amides is 2. The highest BCUT2D eigenvalue weighted by molar-refractivity contribution is 7.92. The molecule has 0 radical (unpaired) electrons. The minimum absolute atomic E-state index is 0.135. The first-order valence-electron chi connectivity index (χ1n) is 9.28. The molecule has 2 heterocycles. The Balaban J connectivity index is 1.69. The lowest BCUT2D eigenvalue weighted by molar-refractivity contribution is 0.0806. The molecule has 0 aliphatic carbocycles. The normalized spacial score (nSPS) is 18.3. The van der Waals surface area contributed by atoms with E-state index in [-0.39, 0.29) is 17.8 Å². The second kappa shape index (κ2) is 8.26. The molecule has 8 heteroatoms. The van der Waals surface area contributed by atoms with E-state index in [9.17, 15) is 13.2 Å². The Kier molecular flexibility index (Phi) is 6.03. The van der Waals surface area contributed by atoms with Crippen LogP contribution in [0.15, 0.2) is 18.2 Å². The van der Waals surface area contributed by atoms with E-state index in [0.717, 1.165) is 36.9 Å². The summed E-state index contributed by atoms with van der Waals surface area (Å²) in [6, 6.07) is 5.35. The van der Waals surface area contributed by atoms with E-state index in [1.165, 1.54) is 4.31 Å². The van der Waals surface area contributed by atoms with E-state index in [1.54, 1.807) is 12.1 Å². The van der Waals surface area contributed by atoms with Crippen molar-refractivity contribution in [1.82, 2.24) is 5.32 Å². The molecule has 0 spiro atoms. The van der Waals surface area contributed by atoms with Gasteiger partial charge in [-0.1, -0.05) is 6.92 Å². The molecule has 26 heavy (non-hydrogen) atoms. The van der Waals surface area contributed by atoms with Crippen LogP contribution in [0.25, 0.3) is 0 Å². The van der Waals surface area contributed by atoms with E-state index in [1.807, 2.05) is 13.0 Å². The van der Waals surface area contributed by atoms with E-state index in [0.29, 0.717) is 31.9 Å². The molecule has 2 N–H and O–H groups in total. The van der Waals surface area contributed by atoms with Crippen molar-refractivity contribution in [3.63, 3.8) is 0 Å². The van der Waals surface area contributed by atoms with Crippen molar-refractivity contribution < 1.29 is 17.9 Å². The van der Waals surface area contributed by atoms with Crippen LogP contribution >= 0.6 is 0 Å². The zero-order chi connectivity index (χ0) is 18.6. The fourth-order valence-electron chi connectivity index (χ4n) is 3.49. The molecular formula is C18H27N3O4S. The van der Waals surface area contributed by atoms with Crippen LogP contribution < -0.4 is 14.9 Å². The van der Waals surface area contributed by atoms with Gasteiger partial charge < -0.3 is 15.4 Å². The molecule has 1 fully saturated rings. The van der Waals surface area contributed by atoms with Crippen molar-refractivity contribution in [1.29, 1.82) is 0 Å². The number of ether oxygens (including phenoxy) is 1. The Hall–Kier alpha value is -1.80. The van der Waals surface area contributed by atoms with Crippen molar-refractivity contribution in [3.05, 3.63) is 23.8 Å². The number of benzene rings is 1. The minimum Gasteiger partial charge on any atom is -0.381 e. The maximum Gasteiger partial charge on any atom is 0.319 e. The zero-order valence-electron chi connectivity index (χ0n) is 15.2. The lowest BCUT2D eigenvalue weighted by Gasteiger charge is -2.31. The maximum absolute atomic E-state index is 12.5. The quantitative estimate of drug-likeness (QED) is 0.820. The van der Waals surface area contributed by atoms with Crippen LogP contribution in [0, 0.1) is 0 Å². The summed E-state index contributed by atoms with van der Waals surface area (Å²) in [5.41, 5.74) is 2.38. The molecule has 2 aliphatic rings. The van der Waals surface area contributed by atoms with Crippen LogP contribution in [-0.2, 0) is 21.2 Å². The Morgan fingerprint density at radius 2 is 2.08 bits per heavy atom. The largest absolute Gasteiger partial charge is 0.381 e. The number of hydrogen-bond acceptors (Lipinski definition) is 4. The van der Waals surface area contributed by atoms with Gasteiger partial charge in [-0.3, -0.25) is 4.31 Å². The molecule has 2 amide bonds. The van der Waals surface area contributed by atoms with Crippen LogP contribution in [0.4, 0.5) is 16.2 Å². The third-order valence-corrected chi connectivity index (χ3v) is 6.74. The highest BCUT2D eigenvalue weighted by Crippen LogP contribution is 2.32. The lowest BCUT2D eigenvalue weighted by atomic mass is 10.0. The van der Waals surface area contributed by atoms with Gasteiger partial charge in [0.25, 0.3) is 0 Å². The number of nitrogens with one attached hydrogen (secondary N) is 2. The van der Waals surface area contributed by atoms with Gasteiger partial charge in [-0.2, -0.15) is 0 Å². The third-order valence-electron chi connectivity index (χ3n) is 4.77. The number of nitrogens with zero attached hydrogens (tertiary/aromatic N) is 1. The predicted molar refractivity (Wildman–Crippen MR) is 102 cm³/mol. The molecule has 2 aliphatic heterocycles. The summed E-state index contributed by atoms with van der Waals surface area (Å²) in [7, 11) is -3.28. The molecule has 7 nitrogen and oxygen atoms in total. The Labute approximate surface area is 155 Å². The predicted octanol–water partition coefficient (Wildman–Crippen LogP) is 2.48. The average Bonchev–Trinajstić information content (AvgIpc) is 2.61. The van der Waals surface area contributed by atoms with Crippen molar-refractivity contribution in [3.8, 4) is 0 Å². The number of hydrogen-bond donors (Lipinski definition) is 2. The highest BCUT2D eigenvalue weighted by Gasteiger charge is 2.27. The van der Waals surface area contributed by atoms with Gasteiger partial charge in [0.2, 0.25) is 10.0 Å². The number of urea groups is 1. The van der Waals surface area contributed by atoms with Gasteiger partial charge in [-0.25, -0.2) is 13.2 Å². The van der Waals surface area contributed by atoms with Crippen LogP contribution in [0.2, 0.25) is 0 Å². The van der Waals surface area contributed by atoms with Crippen LogP contribution in [0.5, 0.6) is 0 Å². The van der Waals surface area contributed by atoms with Crippen molar-refractivity contribution in [2.45, 2.75) is 45.1 Å². The highest BCUT2D eigenvalue weighted by atomic mass is 32.2. The summed E-state index contributed by atoms with van der Waals surface area (Å²) in [5, 5.41) is 5.82. The number of sulfonamides is 1. The Morgan fingerprint density at radius 1 is 1.31 bits per heavy atom. The van der Waals surface area contributed by atoms with Crippen LogP contribution in [-0.4, -0.2) is 46.0 Å². The summed E-state index contributed by atoms with van der Waals surface area (Å²) in [4.78, 5) is 12.2. The summed E-state index contributed by atoms with van der Waals surface area (Å²) in [6.45, 7) is 3.73. The maximum atomic E-state index is 12.5. The molecule has 1 saturated heterocycles. The monoisotopic (exact) mass is 381 g/mol. The van der Waals surface area contributed by atoms with Gasteiger partial charge in [0, 0.05) is 31.5 Å². The standard InChI is InChI=1S/C18H27N3O4S/c1-2-12-26(23,24)21-9-3-4-14-13-16(5-6-17(14)21)20-18(22)19-15-7-10-25-11-8-15/h5-6,13,15H,2-4,7-12H2,1H3,(H2,19,20,22). The first-order chi connectivity index (χ1) is 12.5. The van der Waals surface area contributed by atoms with E-state index < -0.39 is 10.0 Å². The first kappa shape index (κ1) is 19.0. The summed E-state index contributed by atoms with van der Waals surface area (Å²) >= 11 is 0. The van der Waals surface area contributed by atoms with E-state index in [4.69, 9.17) is 4.74 Å². The molecule has 0 saturated carbocycles. The summed E-state index contributed by atoms with van der Waals surface area (Å²) in [5.74, 6) is 0.153. The van der Waals surface area contributed by atoms with Gasteiger partial charge in [0.1, 0.15) is 0 Å². The first-order valence-corrected chi connectivity index (χ1v) is 10.9. The number of aryl methyl sites for hydroxylation is 1. The van der Waals surface area contributed by atoms with Gasteiger partial charge in [-0.15, -0.1) is 0 Å². The smallest absolute Gasteiger partial charge is 0.319 e. The molecule has 0 aromatic heterocycles. The SMILES string of the molecule is CCCS(=O)(=O)N1CCCc2cc(NC(=O)NC3CCOCC3)ccc21. The second-order valence-corrected chi connectivity index (χ2v) is 8.83. The molecule has 0 bridgehead atoms. The van der Waals surface area contributed by atoms with E-state index >= 15 is 0 Å². The molecule has 3 rings (SSSR count). The number of carbonyl (C=O) groups excluding carboxylic acids is 1. The topological polar surface area (TPSA) is 87.7 Å². The van der Waals surface area contributed by atoms with Crippen LogP contribution in [0.1, 0.15) is 38.2 Å². The summed E-state index contributed by atoms with van der Waals surface area (Å²) in [6.07, 6.45) is 3.84. The Morgan fingerprint density at radius 3 is 2.81 bits per heavy atom. The zero-order valence-corrected chi connectivity index (χ0v) is 16.0. The summed E-state index contributed by atoms with van der Waals surface area (Å²) < 4.78 is 31.7. The molecule has 1 aromatic rings. The average molecular weight is 381 g/mol. The van der Waals surface area contributed by atoms with Gasteiger partial charge in [0.05, 0.1) is 11.4 Å². The Bertz CT molecular complexity index is 745. The third kappa shape index (κ3) is 4.48. The molecular weight excluding hydrogens is 354 g/mol. The fraction of sp³-hybridized carbons (Fsp3) is 0.611. The molecule has 144 valence electrons. The van der Waals surface area contributed by atoms with Crippen molar-refractivity contribution >= 4 is 27.4 Å². The number of fused-ring (bicyclic) bond motifs is 1. The van der Waals surface area contributed by atoms with E-state index in [2.05, 4.69) is 10.6 Å². The van der Waals surface area contributed by atoms with Gasteiger partial charge >= 0.3 is 6.03 Å². The van der Waals surface area contributed by atoms with Crippen molar-refractivity contribution in [2.24, 2.45) is 0 Å². The van der Waals surface area contributed by atoms with Crippen LogP contribution in [0.3, 0.4) is 0 Å². The number of rotatable bonds is 5. The lowest BCUT2D eigenvalue weighted by Crippen LogP contribution is -2.41. The minimum atomic E-state index is -3.28.